The molecule has 0 aromatic heterocycles. The maximum absolute atomic E-state index is 12.8. The highest BCUT2D eigenvalue weighted by atomic mass is 35.5. The van der Waals surface area contributed by atoms with E-state index in [0.717, 1.165) is 19.6 Å². The molecule has 1 saturated heterocycles. The lowest BCUT2D eigenvalue weighted by atomic mass is 10.1. The SMILES string of the molecule is COc1ccc(S(=O)(=O)N2CCN(Cc3ccccc3C)CC2)cc1.Cl. The maximum atomic E-state index is 12.8. The second-order valence-corrected chi connectivity index (χ2v) is 8.22. The van der Waals surface area contributed by atoms with Gasteiger partial charge in [0.2, 0.25) is 10.0 Å². The molecule has 0 aliphatic carbocycles. The molecule has 0 N–H and O–H groups in total. The van der Waals surface area contributed by atoms with Crippen molar-refractivity contribution in [2.75, 3.05) is 33.3 Å². The number of sulfonamides is 1. The molecule has 142 valence electrons. The van der Waals surface area contributed by atoms with Gasteiger partial charge in [-0.05, 0) is 42.3 Å². The van der Waals surface area contributed by atoms with Gasteiger partial charge in [-0.15, -0.1) is 12.4 Å². The summed E-state index contributed by atoms with van der Waals surface area (Å²) in [6, 6.07) is 14.9. The van der Waals surface area contributed by atoms with Crippen molar-refractivity contribution in [3.8, 4) is 5.75 Å². The van der Waals surface area contributed by atoms with Crippen molar-refractivity contribution < 1.29 is 13.2 Å². The van der Waals surface area contributed by atoms with Gasteiger partial charge in [0, 0.05) is 32.7 Å². The molecule has 1 aliphatic rings. The first-order valence-corrected chi connectivity index (χ1v) is 9.86. The van der Waals surface area contributed by atoms with Gasteiger partial charge in [0.05, 0.1) is 12.0 Å². The van der Waals surface area contributed by atoms with Crippen LogP contribution in [0.4, 0.5) is 0 Å². The lowest BCUT2D eigenvalue weighted by molar-refractivity contribution is 0.181. The number of piperazine rings is 1. The van der Waals surface area contributed by atoms with Crippen LogP contribution in [0, 0.1) is 6.92 Å². The fraction of sp³-hybridized carbons (Fsp3) is 0.368. The summed E-state index contributed by atoms with van der Waals surface area (Å²) in [4.78, 5) is 2.63. The van der Waals surface area contributed by atoms with E-state index in [2.05, 4.69) is 24.0 Å². The van der Waals surface area contributed by atoms with Crippen LogP contribution >= 0.6 is 12.4 Å². The summed E-state index contributed by atoms with van der Waals surface area (Å²) < 4.78 is 32.2. The first-order chi connectivity index (χ1) is 12.0. The van der Waals surface area contributed by atoms with Crippen molar-refractivity contribution in [1.82, 2.24) is 9.21 Å². The van der Waals surface area contributed by atoms with Crippen molar-refractivity contribution in [3.05, 3.63) is 59.7 Å². The van der Waals surface area contributed by atoms with Gasteiger partial charge in [-0.2, -0.15) is 4.31 Å². The van der Waals surface area contributed by atoms with E-state index >= 15 is 0 Å². The lowest BCUT2D eigenvalue weighted by Gasteiger charge is -2.34. The molecule has 7 heteroatoms. The summed E-state index contributed by atoms with van der Waals surface area (Å²) in [6.45, 7) is 5.48. The van der Waals surface area contributed by atoms with Crippen molar-refractivity contribution in [2.45, 2.75) is 18.4 Å². The van der Waals surface area contributed by atoms with Crippen LogP contribution < -0.4 is 4.74 Å². The average Bonchev–Trinajstić information content (AvgIpc) is 2.64. The van der Waals surface area contributed by atoms with Crippen LogP contribution in [-0.4, -0.2) is 50.9 Å². The van der Waals surface area contributed by atoms with Gasteiger partial charge in [0.1, 0.15) is 5.75 Å². The van der Waals surface area contributed by atoms with Crippen molar-refractivity contribution in [3.63, 3.8) is 0 Å². The zero-order valence-electron chi connectivity index (χ0n) is 15.1. The molecule has 26 heavy (non-hydrogen) atoms. The molecule has 2 aromatic carbocycles. The summed E-state index contributed by atoms with van der Waals surface area (Å²) in [7, 11) is -1.87. The Bertz CT molecular complexity index is 817. The standard InChI is InChI=1S/C19H24N2O3S.ClH/c1-16-5-3-4-6-17(16)15-20-11-13-21(14-12-20)25(22,23)19-9-7-18(24-2)8-10-19;/h3-10H,11-15H2,1-2H3;1H. The highest BCUT2D eigenvalue weighted by Crippen LogP contribution is 2.21. The van der Waals surface area contributed by atoms with Gasteiger partial charge < -0.3 is 4.74 Å². The van der Waals surface area contributed by atoms with E-state index in [1.54, 1.807) is 35.7 Å². The molecule has 0 radical (unpaired) electrons. The second-order valence-electron chi connectivity index (χ2n) is 6.28. The summed E-state index contributed by atoms with van der Waals surface area (Å²) in [5.74, 6) is 0.655. The third-order valence-electron chi connectivity index (χ3n) is 4.68. The van der Waals surface area contributed by atoms with E-state index < -0.39 is 10.0 Å². The predicted molar refractivity (Wildman–Crippen MR) is 105 cm³/mol. The normalized spacial score (nSPS) is 16.1. The summed E-state index contributed by atoms with van der Waals surface area (Å²) in [6.07, 6.45) is 0. The molecule has 1 heterocycles. The number of methoxy groups -OCH3 is 1. The molecule has 0 spiro atoms. The quantitative estimate of drug-likeness (QED) is 0.779. The second kappa shape index (κ2) is 8.86. The molecule has 1 fully saturated rings. The number of rotatable bonds is 5. The molecule has 0 amide bonds. The molecule has 0 bridgehead atoms. The van der Waals surface area contributed by atoms with Gasteiger partial charge in [0.15, 0.2) is 0 Å². The van der Waals surface area contributed by atoms with E-state index in [-0.39, 0.29) is 12.4 Å². The minimum Gasteiger partial charge on any atom is -0.497 e. The van der Waals surface area contributed by atoms with Crippen molar-refractivity contribution in [2.24, 2.45) is 0 Å². The Hall–Kier alpha value is -1.60. The number of hydrogen-bond donors (Lipinski definition) is 0. The third kappa shape index (κ3) is 4.57. The Morgan fingerprint density at radius 2 is 1.58 bits per heavy atom. The molecule has 3 rings (SSSR count). The Morgan fingerprint density at radius 3 is 2.15 bits per heavy atom. The summed E-state index contributed by atoms with van der Waals surface area (Å²) >= 11 is 0. The topological polar surface area (TPSA) is 49.9 Å². The Balaban J connectivity index is 0.00000243. The monoisotopic (exact) mass is 396 g/mol. The molecular weight excluding hydrogens is 372 g/mol. The van der Waals surface area contributed by atoms with Crippen LogP contribution in [-0.2, 0) is 16.6 Å². The van der Waals surface area contributed by atoms with E-state index in [4.69, 9.17) is 4.74 Å². The Labute approximate surface area is 162 Å². The predicted octanol–water partition coefficient (Wildman–Crippen LogP) is 2.93. The van der Waals surface area contributed by atoms with Crippen LogP contribution in [0.25, 0.3) is 0 Å². The van der Waals surface area contributed by atoms with Crippen LogP contribution in [0.3, 0.4) is 0 Å². The average molecular weight is 397 g/mol. The van der Waals surface area contributed by atoms with Crippen LogP contribution in [0.15, 0.2) is 53.4 Å². The van der Waals surface area contributed by atoms with E-state index in [9.17, 15) is 8.42 Å². The number of halogens is 1. The zero-order valence-corrected chi connectivity index (χ0v) is 16.7. The smallest absolute Gasteiger partial charge is 0.243 e. The molecule has 1 aliphatic heterocycles. The fourth-order valence-corrected chi connectivity index (χ4v) is 4.48. The highest BCUT2D eigenvalue weighted by Gasteiger charge is 2.28. The van der Waals surface area contributed by atoms with E-state index in [1.165, 1.54) is 11.1 Å². The molecule has 0 atom stereocenters. The minimum absolute atomic E-state index is 0. The van der Waals surface area contributed by atoms with Crippen molar-refractivity contribution in [1.29, 1.82) is 0 Å². The first kappa shape index (κ1) is 20.7. The van der Waals surface area contributed by atoms with Gasteiger partial charge in [-0.25, -0.2) is 8.42 Å². The van der Waals surface area contributed by atoms with E-state index in [0.29, 0.717) is 23.7 Å². The fourth-order valence-electron chi connectivity index (χ4n) is 3.05. The van der Waals surface area contributed by atoms with Gasteiger partial charge in [-0.1, -0.05) is 24.3 Å². The van der Waals surface area contributed by atoms with Crippen LogP contribution in [0.5, 0.6) is 5.75 Å². The third-order valence-corrected chi connectivity index (χ3v) is 6.60. The molecule has 2 aromatic rings. The molecular formula is C19H25ClN2O3S. The van der Waals surface area contributed by atoms with Crippen molar-refractivity contribution >= 4 is 22.4 Å². The first-order valence-electron chi connectivity index (χ1n) is 8.42. The molecule has 0 saturated carbocycles. The molecule has 0 unspecified atom stereocenters. The zero-order chi connectivity index (χ0) is 17.9. The lowest BCUT2D eigenvalue weighted by Crippen LogP contribution is -2.48. The Morgan fingerprint density at radius 1 is 0.962 bits per heavy atom. The number of hydrogen-bond acceptors (Lipinski definition) is 4. The van der Waals surface area contributed by atoms with Gasteiger partial charge in [0.25, 0.3) is 0 Å². The molecule has 5 nitrogen and oxygen atoms in total. The summed E-state index contributed by atoms with van der Waals surface area (Å²) in [5, 5.41) is 0. The number of benzene rings is 2. The Kier molecular flexibility index (Phi) is 7.06. The maximum Gasteiger partial charge on any atom is 0.243 e. The summed E-state index contributed by atoms with van der Waals surface area (Å²) in [5.41, 5.74) is 2.57. The highest BCUT2D eigenvalue weighted by molar-refractivity contribution is 7.89. The van der Waals surface area contributed by atoms with Crippen LogP contribution in [0.1, 0.15) is 11.1 Å². The van der Waals surface area contributed by atoms with Gasteiger partial charge >= 0.3 is 0 Å². The number of ether oxygens (including phenoxy) is 1. The largest absolute Gasteiger partial charge is 0.497 e. The number of nitrogens with zero attached hydrogens (tertiary/aromatic N) is 2. The minimum atomic E-state index is -3.44. The van der Waals surface area contributed by atoms with E-state index in [1.807, 2.05) is 12.1 Å². The van der Waals surface area contributed by atoms with Crippen LogP contribution in [0.2, 0.25) is 0 Å². The van der Waals surface area contributed by atoms with Gasteiger partial charge in [-0.3, -0.25) is 4.90 Å². The number of aryl methyl sites for hydroxylation is 1.